The molecule has 132 valence electrons. The first kappa shape index (κ1) is 16.0. The molecule has 2 aromatic rings. The molecule has 0 spiro atoms. The molecule has 25 heavy (non-hydrogen) atoms. The highest BCUT2D eigenvalue weighted by Gasteiger charge is 2.32. The lowest BCUT2D eigenvalue weighted by Gasteiger charge is -2.34. The molecule has 2 aliphatic rings. The lowest BCUT2D eigenvalue weighted by Crippen LogP contribution is -2.44. The van der Waals surface area contributed by atoms with E-state index in [1.54, 1.807) is 23.2 Å². The molecule has 2 saturated heterocycles. The Morgan fingerprint density at radius 3 is 2.76 bits per heavy atom. The highest BCUT2D eigenvalue weighted by molar-refractivity contribution is 5.91. The summed E-state index contributed by atoms with van der Waals surface area (Å²) < 4.78 is 16.2. The maximum Gasteiger partial charge on any atom is 0.290 e. The van der Waals surface area contributed by atoms with Gasteiger partial charge in [0.2, 0.25) is 0 Å². The van der Waals surface area contributed by atoms with Crippen LogP contribution in [0.1, 0.15) is 22.4 Å². The summed E-state index contributed by atoms with van der Waals surface area (Å²) in [6.07, 6.45) is 3.23. The molecule has 0 radical (unpaired) electrons. The van der Waals surface area contributed by atoms with E-state index in [4.69, 9.17) is 13.9 Å². The summed E-state index contributed by atoms with van der Waals surface area (Å²) in [7, 11) is 0. The zero-order valence-corrected chi connectivity index (χ0v) is 13.8. The van der Waals surface area contributed by atoms with Crippen LogP contribution in [0, 0.1) is 0 Å². The third kappa shape index (κ3) is 3.35. The molecule has 2 aliphatic heterocycles. The first-order chi connectivity index (χ1) is 12.3. The molecule has 8 heteroatoms. The lowest BCUT2D eigenvalue weighted by molar-refractivity contribution is -0.00674. The third-order valence-electron chi connectivity index (χ3n) is 4.41. The predicted octanol–water partition coefficient (Wildman–Crippen LogP) is 1.12. The topological polar surface area (TPSA) is 80.9 Å². The molecule has 1 amide bonds. The Balaban J connectivity index is 1.59. The largest absolute Gasteiger partial charge is 0.459 e. The SMILES string of the molecule is O=C(c1ccco1)N1CCOC[C@H]1c1nccc(N2CCOCC2)n1. The van der Waals surface area contributed by atoms with Crippen molar-refractivity contribution in [3.63, 3.8) is 0 Å². The summed E-state index contributed by atoms with van der Waals surface area (Å²) in [5.74, 6) is 1.59. The fraction of sp³-hybridized carbons (Fsp3) is 0.471. The van der Waals surface area contributed by atoms with Crippen LogP contribution in [0.15, 0.2) is 35.1 Å². The number of hydrogen-bond acceptors (Lipinski definition) is 7. The van der Waals surface area contributed by atoms with Crippen molar-refractivity contribution in [3.8, 4) is 0 Å². The van der Waals surface area contributed by atoms with Crippen LogP contribution in [-0.2, 0) is 9.47 Å². The van der Waals surface area contributed by atoms with E-state index in [2.05, 4.69) is 14.9 Å². The molecular formula is C17H20N4O4. The van der Waals surface area contributed by atoms with Crippen LogP contribution in [0.2, 0.25) is 0 Å². The smallest absolute Gasteiger partial charge is 0.290 e. The maximum absolute atomic E-state index is 12.7. The maximum atomic E-state index is 12.7. The lowest BCUT2D eigenvalue weighted by atomic mass is 10.2. The molecule has 0 N–H and O–H groups in total. The van der Waals surface area contributed by atoms with Gasteiger partial charge >= 0.3 is 0 Å². The van der Waals surface area contributed by atoms with Crippen molar-refractivity contribution < 1.29 is 18.7 Å². The first-order valence-electron chi connectivity index (χ1n) is 8.41. The average Bonchev–Trinajstić information content (AvgIpc) is 3.23. The zero-order chi connectivity index (χ0) is 17.1. The first-order valence-corrected chi connectivity index (χ1v) is 8.41. The highest BCUT2D eigenvalue weighted by Crippen LogP contribution is 2.25. The molecule has 4 rings (SSSR count). The van der Waals surface area contributed by atoms with Gasteiger partial charge in [0.1, 0.15) is 11.9 Å². The molecule has 0 bridgehead atoms. The Bertz CT molecular complexity index is 715. The highest BCUT2D eigenvalue weighted by atomic mass is 16.5. The van der Waals surface area contributed by atoms with E-state index in [9.17, 15) is 4.79 Å². The van der Waals surface area contributed by atoms with Gasteiger partial charge in [-0.2, -0.15) is 0 Å². The van der Waals surface area contributed by atoms with Crippen LogP contribution in [0.5, 0.6) is 0 Å². The van der Waals surface area contributed by atoms with E-state index in [1.165, 1.54) is 6.26 Å². The molecule has 1 atom stereocenters. The number of aromatic nitrogens is 2. The Morgan fingerprint density at radius 2 is 1.96 bits per heavy atom. The summed E-state index contributed by atoms with van der Waals surface area (Å²) in [5, 5.41) is 0. The number of morpholine rings is 2. The van der Waals surface area contributed by atoms with E-state index >= 15 is 0 Å². The molecule has 0 aliphatic carbocycles. The van der Waals surface area contributed by atoms with Crippen LogP contribution < -0.4 is 4.90 Å². The van der Waals surface area contributed by atoms with Crippen LogP contribution >= 0.6 is 0 Å². The summed E-state index contributed by atoms with van der Waals surface area (Å²) >= 11 is 0. The van der Waals surface area contributed by atoms with E-state index in [-0.39, 0.29) is 11.9 Å². The van der Waals surface area contributed by atoms with Crippen molar-refractivity contribution >= 4 is 11.7 Å². The van der Waals surface area contributed by atoms with E-state index in [1.807, 2.05) is 6.07 Å². The normalized spacial score (nSPS) is 21.4. The number of anilines is 1. The molecule has 8 nitrogen and oxygen atoms in total. The van der Waals surface area contributed by atoms with Gasteiger partial charge in [0.25, 0.3) is 5.91 Å². The second-order valence-electron chi connectivity index (χ2n) is 5.94. The Morgan fingerprint density at radius 1 is 1.12 bits per heavy atom. The van der Waals surface area contributed by atoms with Crippen LogP contribution in [0.4, 0.5) is 5.82 Å². The fourth-order valence-electron chi connectivity index (χ4n) is 3.10. The molecule has 0 unspecified atom stereocenters. The predicted molar refractivity (Wildman–Crippen MR) is 88.4 cm³/mol. The molecule has 0 saturated carbocycles. The number of ether oxygens (including phenoxy) is 2. The van der Waals surface area contributed by atoms with Gasteiger partial charge < -0.3 is 23.7 Å². The van der Waals surface area contributed by atoms with Crippen LogP contribution in [0.3, 0.4) is 0 Å². The summed E-state index contributed by atoms with van der Waals surface area (Å²) in [6, 6.07) is 4.93. The minimum absolute atomic E-state index is 0.168. The second-order valence-corrected chi connectivity index (χ2v) is 5.94. The average molecular weight is 344 g/mol. The van der Waals surface area contributed by atoms with Crippen LogP contribution in [-0.4, -0.2) is 66.8 Å². The Hall–Kier alpha value is -2.45. The van der Waals surface area contributed by atoms with E-state index < -0.39 is 0 Å². The number of hydrogen-bond donors (Lipinski definition) is 0. The van der Waals surface area contributed by atoms with Crippen molar-refractivity contribution in [1.29, 1.82) is 0 Å². The van der Waals surface area contributed by atoms with Crippen molar-refractivity contribution in [3.05, 3.63) is 42.2 Å². The zero-order valence-electron chi connectivity index (χ0n) is 13.8. The molecule has 2 fully saturated rings. The number of carbonyl (C=O) groups is 1. The third-order valence-corrected chi connectivity index (χ3v) is 4.41. The van der Waals surface area contributed by atoms with Crippen molar-refractivity contribution in [2.75, 3.05) is 51.0 Å². The molecule has 4 heterocycles. The minimum atomic E-state index is -0.327. The number of nitrogens with zero attached hydrogens (tertiary/aromatic N) is 4. The van der Waals surface area contributed by atoms with Gasteiger partial charge in [0.15, 0.2) is 11.6 Å². The summed E-state index contributed by atoms with van der Waals surface area (Å²) in [6.45, 7) is 4.32. The van der Waals surface area contributed by atoms with Gasteiger partial charge in [-0.15, -0.1) is 0 Å². The van der Waals surface area contributed by atoms with Gasteiger partial charge in [0, 0.05) is 25.8 Å². The standard InChI is InChI=1S/C17H20N4O4/c22-17(14-2-1-8-25-14)21-7-11-24-12-13(21)16-18-4-3-15(19-16)20-5-9-23-10-6-20/h1-4,8,13H,5-7,9-12H2/t13-/m0/s1. The Kier molecular flexibility index (Phi) is 4.62. The van der Waals surface area contributed by atoms with Gasteiger partial charge in [-0.1, -0.05) is 0 Å². The van der Waals surface area contributed by atoms with E-state index in [0.29, 0.717) is 44.6 Å². The second kappa shape index (κ2) is 7.20. The van der Waals surface area contributed by atoms with Gasteiger partial charge in [-0.3, -0.25) is 4.79 Å². The fourth-order valence-corrected chi connectivity index (χ4v) is 3.10. The molecule has 0 aromatic carbocycles. The summed E-state index contributed by atoms with van der Waals surface area (Å²) in [4.78, 5) is 25.7. The monoisotopic (exact) mass is 344 g/mol. The van der Waals surface area contributed by atoms with E-state index in [0.717, 1.165) is 18.9 Å². The number of amides is 1. The van der Waals surface area contributed by atoms with Gasteiger partial charge in [-0.05, 0) is 18.2 Å². The quantitative estimate of drug-likeness (QED) is 0.825. The molecule has 2 aromatic heterocycles. The summed E-state index contributed by atoms with van der Waals surface area (Å²) in [5.41, 5.74) is 0. The van der Waals surface area contributed by atoms with Crippen molar-refractivity contribution in [2.24, 2.45) is 0 Å². The van der Waals surface area contributed by atoms with Crippen LogP contribution in [0.25, 0.3) is 0 Å². The number of furan rings is 1. The van der Waals surface area contributed by atoms with Gasteiger partial charge in [0.05, 0.1) is 32.7 Å². The minimum Gasteiger partial charge on any atom is -0.459 e. The number of carbonyl (C=O) groups excluding carboxylic acids is 1. The molecular weight excluding hydrogens is 324 g/mol. The van der Waals surface area contributed by atoms with Gasteiger partial charge in [-0.25, -0.2) is 9.97 Å². The van der Waals surface area contributed by atoms with Crippen molar-refractivity contribution in [2.45, 2.75) is 6.04 Å². The number of rotatable bonds is 3. The Labute approximate surface area is 145 Å². The van der Waals surface area contributed by atoms with Crippen molar-refractivity contribution in [1.82, 2.24) is 14.9 Å².